The van der Waals surface area contributed by atoms with Gasteiger partial charge in [-0.25, -0.2) is 9.48 Å². The Labute approximate surface area is 290 Å². The summed E-state index contributed by atoms with van der Waals surface area (Å²) in [6, 6.07) is 25.1. The van der Waals surface area contributed by atoms with Crippen LogP contribution in [0, 0.1) is 0 Å². The number of carboxylic acids is 1. The maximum absolute atomic E-state index is 13.7. The van der Waals surface area contributed by atoms with E-state index in [1.54, 1.807) is 42.5 Å². The molecule has 0 bridgehead atoms. The van der Waals surface area contributed by atoms with E-state index in [9.17, 15) is 32.7 Å². The fraction of sp³-hybridized carbons (Fsp3) is 0.189. The van der Waals surface area contributed by atoms with Crippen LogP contribution in [0.5, 0.6) is 0 Å². The van der Waals surface area contributed by atoms with Crippen LogP contribution < -0.4 is 15.5 Å². The largest absolute Gasteiger partial charge is 0.478 e. The molecule has 0 radical (unpaired) electrons. The van der Waals surface area contributed by atoms with Crippen molar-refractivity contribution in [3.8, 4) is 5.69 Å². The van der Waals surface area contributed by atoms with Crippen molar-refractivity contribution in [3.05, 3.63) is 131 Å². The number of halogens is 3. The van der Waals surface area contributed by atoms with Gasteiger partial charge in [0.1, 0.15) is 0 Å². The van der Waals surface area contributed by atoms with Gasteiger partial charge in [-0.05, 0) is 91.6 Å². The van der Waals surface area contributed by atoms with E-state index in [2.05, 4.69) is 20.6 Å². The third-order valence-electron chi connectivity index (χ3n) is 8.16. The third-order valence-corrected chi connectivity index (χ3v) is 9.23. The predicted octanol–water partition coefficient (Wildman–Crippen LogP) is 8.38. The smallest absolute Gasteiger partial charge is 0.416 e. The summed E-state index contributed by atoms with van der Waals surface area (Å²) in [5, 5.41) is 19.2. The van der Waals surface area contributed by atoms with Crippen molar-refractivity contribution in [1.82, 2.24) is 9.78 Å². The van der Waals surface area contributed by atoms with Crippen LogP contribution in [0.3, 0.4) is 0 Å². The molecule has 6 rings (SSSR count). The van der Waals surface area contributed by atoms with E-state index in [0.717, 1.165) is 60.6 Å². The fourth-order valence-corrected chi connectivity index (χ4v) is 6.50. The number of hydrogen-bond acceptors (Lipinski definition) is 6. The Morgan fingerprint density at radius 2 is 1.54 bits per heavy atom. The number of nitrogens with zero attached hydrogens (tertiary/aromatic N) is 3. The number of aromatic carboxylic acids is 1. The first-order valence-corrected chi connectivity index (χ1v) is 16.8. The molecule has 1 aromatic heterocycles. The normalized spacial score (nSPS) is 13.1. The van der Waals surface area contributed by atoms with Crippen molar-refractivity contribution in [2.45, 2.75) is 36.1 Å². The Kier molecular flexibility index (Phi) is 10.2. The monoisotopic (exact) mass is 699 g/mol. The molecule has 1 saturated heterocycles. The van der Waals surface area contributed by atoms with Gasteiger partial charge in [0.05, 0.1) is 28.1 Å². The van der Waals surface area contributed by atoms with E-state index in [1.807, 2.05) is 18.2 Å². The Morgan fingerprint density at radius 3 is 2.32 bits per heavy atom. The lowest BCUT2D eigenvalue weighted by atomic mass is 10.1. The van der Waals surface area contributed by atoms with E-state index in [4.69, 9.17) is 0 Å². The predicted molar refractivity (Wildman–Crippen MR) is 186 cm³/mol. The maximum Gasteiger partial charge on any atom is 0.416 e. The van der Waals surface area contributed by atoms with Gasteiger partial charge in [0.15, 0.2) is 5.82 Å². The summed E-state index contributed by atoms with van der Waals surface area (Å²) >= 11 is 1.44. The van der Waals surface area contributed by atoms with Gasteiger partial charge in [0.2, 0.25) is 0 Å². The molecule has 2 heterocycles. The molecule has 1 aliphatic heterocycles. The zero-order valence-electron chi connectivity index (χ0n) is 26.6. The zero-order chi connectivity index (χ0) is 35.3. The van der Waals surface area contributed by atoms with Gasteiger partial charge < -0.3 is 20.6 Å². The Balaban J connectivity index is 1.21. The number of anilines is 3. The highest BCUT2D eigenvalue weighted by atomic mass is 32.2. The molecule has 50 heavy (non-hydrogen) atoms. The van der Waals surface area contributed by atoms with Crippen LogP contribution in [0.4, 0.5) is 30.4 Å². The van der Waals surface area contributed by atoms with Gasteiger partial charge in [0.25, 0.3) is 11.8 Å². The minimum absolute atomic E-state index is 0.118. The number of carbonyl (C=O) groups excluding carboxylic acids is 2. The first-order chi connectivity index (χ1) is 24.0. The van der Waals surface area contributed by atoms with Crippen LogP contribution in [-0.4, -0.2) is 45.8 Å². The standard InChI is InChI=1S/C37H32F3N5O4S/c38-37(39,40)27-10-6-11-29(21-27)45-18-15-33(43-45)42-35(47)31-22-28(44-16-2-1-3-17-44)13-14-32(31)41-34(46)25-8-4-7-24(19-25)23-50-30-12-5-9-26(20-30)36(48)49/h4-15,18-22H,1-3,16-17,23H2,(H,41,46)(H,48,49)(H,42,43,47). The van der Waals surface area contributed by atoms with Crippen molar-refractivity contribution < 1.29 is 32.7 Å². The highest BCUT2D eigenvalue weighted by molar-refractivity contribution is 7.98. The third kappa shape index (κ3) is 8.35. The van der Waals surface area contributed by atoms with Gasteiger partial charge in [-0.2, -0.15) is 18.3 Å². The Bertz CT molecular complexity index is 2040. The summed E-state index contributed by atoms with van der Waals surface area (Å²) in [7, 11) is 0. The lowest BCUT2D eigenvalue weighted by Crippen LogP contribution is -2.29. The number of carboxylic acid groups (broad SMARTS) is 1. The van der Waals surface area contributed by atoms with E-state index < -0.39 is 29.5 Å². The molecule has 3 N–H and O–H groups in total. The molecule has 0 spiro atoms. The number of carbonyl (C=O) groups is 3. The quantitative estimate of drug-likeness (QED) is 0.125. The second kappa shape index (κ2) is 14.9. The number of piperidine rings is 1. The molecule has 0 saturated carbocycles. The average Bonchev–Trinajstić information content (AvgIpc) is 3.59. The Hall–Kier alpha value is -5.56. The molecule has 13 heteroatoms. The van der Waals surface area contributed by atoms with Crippen LogP contribution in [0.2, 0.25) is 0 Å². The highest BCUT2D eigenvalue weighted by Gasteiger charge is 2.30. The number of amides is 2. The summed E-state index contributed by atoms with van der Waals surface area (Å²) < 4.78 is 41.0. The van der Waals surface area contributed by atoms with E-state index >= 15 is 0 Å². The number of alkyl halides is 3. The van der Waals surface area contributed by atoms with Crippen molar-refractivity contribution >= 4 is 46.7 Å². The van der Waals surface area contributed by atoms with E-state index in [0.29, 0.717) is 11.3 Å². The molecular formula is C37H32F3N5O4S. The number of nitrogens with one attached hydrogen (secondary N) is 2. The molecule has 5 aromatic rings. The van der Waals surface area contributed by atoms with Crippen LogP contribution in [0.25, 0.3) is 5.69 Å². The second-order valence-corrected chi connectivity index (χ2v) is 12.8. The maximum atomic E-state index is 13.7. The molecule has 256 valence electrons. The molecule has 2 amide bonds. The summed E-state index contributed by atoms with van der Waals surface area (Å²) in [6.45, 7) is 1.67. The molecule has 1 aliphatic rings. The minimum Gasteiger partial charge on any atom is -0.478 e. The minimum atomic E-state index is -4.52. The van der Waals surface area contributed by atoms with Gasteiger partial charge >= 0.3 is 12.1 Å². The topological polar surface area (TPSA) is 117 Å². The SMILES string of the molecule is O=C(O)c1cccc(SCc2cccc(C(=O)Nc3ccc(N4CCCCC4)cc3C(=O)Nc3ccn(-c4cccc(C(F)(F)F)c4)n3)c2)c1. The summed E-state index contributed by atoms with van der Waals surface area (Å²) in [5.41, 5.74) is 2.06. The van der Waals surface area contributed by atoms with Crippen molar-refractivity contribution in [3.63, 3.8) is 0 Å². The van der Waals surface area contributed by atoms with Crippen molar-refractivity contribution in [2.75, 3.05) is 28.6 Å². The number of hydrogen-bond donors (Lipinski definition) is 3. The average molecular weight is 700 g/mol. The molecule has 0 aliphatic carbocycles. The number of aromatic nitrogens is 2. The van der Waals surface area contributed by atoms with Gasteiger partial charge in [-0.15, -0.1) is 11.8 Å². The highest BCUT2D eigenvalue weighted by Crippen LogP contribution is 2.31. The lowest BCUT2D eigenvalue weighted by Gasteiger charge is -2.29. The molecule has 0 atom stereocenters. The van der Waals surface area contributed by atoms with Gasteiger partial charge in [-0.3, -0.25) is 9.59 Å². The fourth-order valence-electron chi connectivity index (χ4n) is 5.60. The van der Waals surface area contributed by atoms with Crippen LogP contribution in [0.15, 0.2) is 108 Å². The number of benzene rings is 4. The second-order valence-electron chi connectivity index (χ2n) is 11.7. The van der Waals surface area contributed by atoms with Crippen molar-refractivity contribution in [1.29, 1.82) is 0 Å². The number of thioether (sulfide) groups is 1. The van der Waals surface area contributed by atoms with Crippen LogP contribution >= 0.6 is 11.8 Å². The van der Waals surface area contributed by atoms with Crippen LogP contribution in [0.1, 0.15) is 61.5 Å². The summed E-state index contributed by atoms with van der Waals surface area (Å²) in [5.74, 6) is -1.38. The first kappa shape index (κ1) is 34.3. The summed E-state index contributed by atoms with van der Waals surface area (Å²) in [4.78, 5) is 41.6. The van der Waals surface area contributed by atoms with E-state index in [-0.39, 0.29) is 28.3 Å². The van der Waals surface area contributed by atoms with Crippen LogP contribution in [-0.2, 0) is 11.9 Å². The molecule has 4 aromatic carbocycles. The van der Waals surface area contributed by atoms with Crippen molar-refractivity contribution in [2.24, 2.45) is 0 Å². The number of rotatable bonds is 10. The molecular weight excluding hydrogens is 667 g/mol. The zero-order valence-corrected chi connectivity index (χ0v) is 27.4. The lowest BCUT2D eigenvalue weighted by molar-refractivity contribution is -0.137. The molecule has 9 nitrogen and oxygen atoms in total. The van der Waals surface area contributed by atoms with E-state index in [1.165, 1.54) is 46.9 Å². The van der Waals surface area contributed by atoms with Gasteiger partial charge in [0, 0.05) is 47.3 Å². The van der Waals surface area contributed by atoms with Gasteiger partial charge in [-0.1, -0.05) is 24.3 Å². The summed E-state index contributed by atoms with van der Waals surface area (Å²) in [6.07, 6.45) is 0.0981. The molecule has 1 fully saturated rings. The molecule has 0 unspecified atom stereocenters. The first-order valence-electron chi connectivity index (χ1n) is 15.8. The Morgan fingerprint density at radius 1 is 0.780 bits per heavy atom.